The third-order valence-corrected chi connectivity index (χ3v) is 5.37. The summed E-state index contributed by atoms with van der Waals surface area (Å²) in [5.41, 5.74) is 2.43. The molecule has 0 atom stereocenters. The molecule has 178 valence electrons. The number of hydrogen-bond donors (Lipinski definition) is 2. The van der Waals surface area contributed by atoms with Crippen molar-refractivity contribution in [3.63, 3.8) is 0 Å². The first-order valence-electron chi connectivity index (χ1n) is 10.4. The zero-order chi connectivity index (χ0) is 23.8. The molecule has 0 unspecified atom stereocenters. The van der Waals surface area contributed by atoms with Crippen molar-refractivity contribution in [1.82, 2.24) is 9.80 Å². The molecule has 2 aromatic carbocycles. The van der Waals surface area contributed by atoms with Crippen molar-refractivity contribution in [3.8, 4) is 23.0 Å². The number of aliphatic carboxylic acids is 2. The number of fused-ring (bicyclic) bond motifs is 1. The van der Waals surface area contributed by atoms with Crippen LogP contribution >= 0.6 is 0 Å². The molecule has 2 N–H and O–H groups in total. The lowest BCUT2D eigenvalue weighted by molar-refractivity contribution is -0.159. The first kappa shape index (κ1) is 24.1. The molecule has 0 aliphatic carbocycles. The summed E-state index contributed by atoms with van der Waals surface area (Å²) in [6.07, 6.45) is 0. The lowest BCUT2D eigenvalue weighted by Gasteiger charge is -2.35. The third-order valence-electron chi connectivity index (χ3n) is 5.37. The topological polar surface area (TPSA) is 118 Å². The van der Waals surface area contributed by atoms with Gasteiger partial charge in [-0.25, -0.2) is 9.59 Å². The number of carbonyl (C=O) groups is 2. The predicted octanol–water partition coefficient (Wildman–Crippen LogP) is 1.91. The van der Waals surface area contributed by atoms with Crippen LogP contribution in [0.5, 0.6) is 23.0 Å². The summed E-state index contributed by atoms with van der Waals surface area (Å²) in [6.45, 7) is 6.29. The lowest BCUT2D eigenvalue weighted by atomic mass is 10.1. The van der Waals surface area contributed by atoms with E-state index in [2.05, 4.69) is 28.0 Å². The highest BCUT2D eigenvalue weighted by atomic mass is 16.7. The molecule has 2 heterocycles. The van der Waals surface area contributed by atoms with Gasteiger partial charge < -0.3 is 29.2 Å². The van der Waals surface area contributed by atoms with Gasteiger partial charge in [0.2, 0.25) is 6.79 Å². The molecule has 2 aliphatic rings. The summed E-state index contributed by atoms with van der Waals surface area (Å²) < 4.78 is 21.7. The summed E-state index contributed by atoms with van der Waals surface area (Å²) in [5.74, 6) is -0.164. The zero-order valence-corrected chi connectivity index (χ0v) is 18.7. The summed E-state index contributed by atoms with van der Waals surface area (Å²) >= 11 is 0. The minimum absolute atomic E-state index is 0.325. The summed E-state index contributed by atoms with van der Waals surface area (Å²) in [7, 11) is 3.41. The lowest BCUT2D eigenvalue weighted by Crippen LogP contribution is -2.45. The Morgan fingerprint density at radius 3 is 2.09 bits per heavy atom. The second kappa shape index (κ2) is 11.4. The van der Waals surface area contributed by atoms with Crippen molar-refractivity contribution in [2.75, 3.05) is 47.2 Å². The molecule has 4 rings (SSSR count). The van der Waals surface area contributed by atoms with Crippen molar-refractivity contribution >= 4 is 11.9 Å². The molecule has 2 aliphatic heterocycles. The van der Waals surface area contributed by atoms with E-state index in [4.69, 9.17) is 38.7 Å². The number of piperazine rings is 1. The Kier molecular flexibility index (Phi) is 8.34. The number of carboxylic acids is 2. The maximum Gasteiger partial charge on any atom is 0.414 e. The molecule has 0 radical (unpaired) electrons. The molecule has 10 nitrogen and oxygen atoms in total. The van der Waals surface area contributed by atoms with E-state index in [0.717, 1.165) is 62.3 Å². The number of rotatable bonds is 6. The Labute approximate surface area is 191 Å². The van der Waals surface area contributed by atoms with Gasteiger partial charge in [0, 0.05) is 44.8 Å². The van der Waals surface area contributed by atoms with Gasteiger partial charge in [0.25, 0.3) is 0 Å². The number of hydrogen-bond acceptors (Lipinski definition) is 8. The number of nitrogens with zero attached hydrogens (tertiary/aromatic N) is 2. The highest BCUT2D eigenvalue weighted by molar-refractivity contribution is 6.27. The fourth-order valence-corrected chi connectivity index (χ4v) is 3.65. The van der Waals surface area contributed by atoms with Crippen LogP contribution in [0.1, 0.15) is 11.1 Å². The molecule has 0 spiro atoms. The standard InChI is InChI=1S/C21H26N2O4.C2H2O4/c1-24-18-4-6-19(25-2)17(12-18)14-23-9-7-22(8-10-23)13-16-3-5-20-21(11-16)27-15-26-20;3-1(4)2(5)6/h3-6,11-12H,7-10,13-15H2,1-2H3;(H,3,4)(H,5,6). The van der Waals surface area contributed by atoms with Gasteiger partial charge in [-0.1, -0.05) is 6.07 Å². The molecule has 0 amide bonds. The predicted molar refractivity (Wildman–Crippen MR) is 118 cm³/mol. The van der Waals surface area contributed by atoms with Crippen LogP contribution in [0.3, 0.4) is 0 Å². The van der Waals surface area contributed by atoms with E-state index in [0.29, 0.717) is 6.79 Å². The minimum Gasteiger partial charge on any atom is -0.497 e. The van der Waals surface area contributed by atoms with Crippen LogP contribution in [0.25, 0.3) is 0 Å². The molecule has 1 fully saturated rings. The summed E-state index contributed by atoms with van der Waals surface area (Å²) in [4.78, 5) is 23.1. The van der Waals surface area contributed by atoms with Crippen LogP contribution in [-0.2, 0) is 22.7 Å². The zero-order valence-electron chi connectivity index (χ0n) is 18.7. The van der Waals surface area contributed by atoms with Crippen LogP contribution in [0.4, 0.5) is 0 Å². The molecule has 33 heavy (non-hydrogen) atoms. The highest BCUT2D eigenvalue weighted by Gasteiger charge is 2.20. The Hall–Kier alpha value is -3.50. The Morgan fingerprint density at radius 1 is 0.848 bits per heavy atom. The van der Waals surface area contributed by atoms with Crippen LogP contribution in [0, 0.1) is 0 Å². The van der Waals surface area contributed by atoms with Gasteiger partial charge in [-0.3, -0.25) is 9.80 Å². The van der Waals surface area contributed by atoms with Gasteiger partial charge in [-0.15, -0.1) is 0 Å². The normalized spacial score (nSPS) is 15.3. The minimum atomic E-state index is -1.82. The van der Waals surface area contributed by atoms with Crippen LogP contribution in [0.2, 0.25) is 0 Å². The fourth-order valence-electron chi connectivity index (χ4n) is 3.65. The SMILES string of the molecule is COc1ccc(OC)c(CN2CCN(Cc3ccc4c(c3)OCO4)CC2)c1.O=C(O)C(=O)O. The molecule has 2 aromatic rings. The second-order valence-corrected chi connectivity index (χ2v) is 7.53. The molecular weight excluding hydrogens is 432 g/mol. The third kappa shape index (κ3) is 6.74. The van der Waals surface area contributed by atoms with Crippen molar-refractivity contribution in [2.45, 2.75) is 13.1 Å². The van der Waals surface area contributed by atoms with Crippen LogP contribution < -0.4 is 18.9 Å². The monoisotopic (exact) mass is 460 g/mol. The van der Waals surface area contributed by atoms with E-state index >= 15 is 0 Å². The van der Waals surface area contributed by atoms with Gasteiger partial charge in [0.1, 0.15) is 11.5 Å². The molecule has 10 heteroatoms. The summed E-state index contributed by atoms with van der Waals surface area (Å²) in [6, 6.07) is 12.2. The Bertz CT molecular complexity index is 961. The highest BCUT2D eigenvalue weighted by Crippen LogP contribution is 2.33. The first-order valence-corrected chi connectivity index (χ1v) is 10.4. The Morgan fingerprint density at radius 2 is 1.48 bits per heavy atom. The fraction of sp³-hybridized carbons (Fsp3) is 0.391. The number of ether oxygens (including phenoxy) is 4. The van der Waals surface area contributed by atoms with Gasteiger partial charge >= 0.3 is 11.9 Å². The van der Waals surface area contributed by atoms with Crippen LogP contribution in [0.15, 0.2) is 36.4 Å². The van der Waals surface area contributed by atoms with Crippen molar-refractivity contribution in [3.05, 3.63) is 47.5 Å². The van der Waals surface area contributed by atoms with E-state index in [1.807, 2.05) is 18.2 Å². The molecule has 0 saturated carbocycles. The smallest absolute Gasteiger partial charge is 0.414 e. The van der Waals surface area contributed by atoms with Gasteiger partial charge in [0.05, 0.1) is 14.2 Å². The quantitative estimate of drug-likeness (QED) is 0.619. The maximum atomic E-state index is 9.10. The van der Waals surface area contributed by atoms with E-state index in [1.54, 1.807) is 14.2 Å². The first-order chi connectivity index (χ1) is 15.9. The van der Waals surface area contributed by atoms with Gasteiger partial charge in [0.15, 0.2) is 11.5 Å². The van der Waals surface area contributed by atoms with Crippen molar-refractivity contribution in [2.24, 2.45) is 0 Å². The molecular formula is C23H28N2O8. The average Bonchev–Trinajstić information content (AvgIpc) is 3.28. The number of methoxy groups -OCH3 is 2. The Balaban J connectivity index is 0.000000454. The van der Waals surface area contributed by atoms with E-state index in [-0.39, 0.29) is 0 Å². The summed E-state index contributed by atoms with van der Waals surface area (Å²) in [5, 5.41) is 14.8. The molecule has 0 bridgehead atoms. The van der Waals surface area contributed by atoms with Crippen LogP contribution in [-0.4, -0.2) is 79.1 Å². The maximum absolute atomic E-state index is 9.10. The van der Waals surface area contributed by atoms with Crippen molar-refractivity contribution < 1.29 is 38.7 Å². The second-order valence-electron chi connectivity index (χ2n) is 7.53. The van der Waals surface area contributed by atoms with Gasteiger partial charge in [-0.2, -0.15) is 0 Å². The number of benzene rings is 2. The van der Waals surface area contributed by atoms with Crippen molar-refractivity contribution in [1.29, 1.82) is 0 Å². The average molecular weight is 460 g/mol. The molecule has 0 aromatic heterocycles. The van der Waals surface area contributed by atoms with E-state index in [1.165, 1.54) is 11.1 Å². The van der Waals surface area contributed by atoms with Gasteiger partial charge in [-0.05, 0) is 35.9 Å². The molecule has 1 saturated heterocycles. The largest absolute Gasteiger partial charge is 0.497 e. The van der Waals surface area contributed by atoms with E-state index in [9.17, 15) is 0 Å². The van der Waals surface area contributed by atoms with E-state index < -0.39 is 11.9 Å². The number of carboxylic acid groups (broad SMARTS) is 2.